The zero-order valence-electron chi connectivity index (χ0n) is 57.7. The molecular formula is C63H113N11O14. The van der Waals surface area contributed by atoms with E-state index in [2.05, 4.69) is 21.3 Å². The highest BCUT2D eigenvalue weighted by Crippen LogP contribution is 2.26. The van der Waals surface area contributed by atoms with Crippen LogP contribution in [0.2, 0.25) is 0 Å². The van der Waals surface area contributed by atoms with E-state index in [0.717, 1.165) is 21.8 Å². The number of likely N-dealkylation sites (N-methyl/N-ethyl adjacent to an activating group) is 7. The predicted octanol–water partition coefficient (Wildman–Crippen LogP) is 2.36. The second kappa shape index (κ2) is 35.3. The molecule has 0 saturated carbocycles. The van der Waals surface area contributed by atoms with E-state index < -0.39 is 161 Å². The number of rotatable bonds is 16. The van der Waals surface area contributed by atoms with Gasteiger partial charge in [0.15, 0.2) is 0 Å². The number of ether oxygens (including phenoxy) is 1. The Hall–Kier alpha value is -6.21. The monoisotopic (exact) mass is 1250 g/mol. The summed E-state index contributed by atoms with van der Waals surface area (Å²) in [5.41, 5.74) is -1.60. The van der Waals surface area contributed by atoms with Crippen molar-refractivity contribution >= 4 is 65.0 Å². The molecule has 0 radical (unpaired) electrons. The number of carbonyl (C=O) groups is 11. The van der Waals surface area contributed by atoms with Gasteiger partial charge in [-0.05, 0) is 102 Å². The van der Waals surface area contributed by atoms with E-state index in [1.165, 1.54) is 96.6 Å². The number of allylic oxidation sites excluding steroid dienone is 2. The van der Waals surface area contributed by atoms with Crippen LogP contribution in [0, 0.1) is 35.5 Å². The van der Waals surface area contributed by atoms with E-state index in [1.807, 2.05) is 41.5 Å². The Morgan fingerprint density at radius 1 is 0.500 bits per heavy atom. The number of carbonyl (C=O) groups excluding carboxylic acids is 11. The molecule has 25 heteroatoms. The van der Waals surface area contributed by atoms with Crippen LogP contribution in [0.3, 0.4) is 0 Å². The molecule has 25 nitrogen and oxygen atoms in total. The molecule has 0 aliphatic carbocycles. The van der Waals surface area contributed by atoms with Crippen LogP contribution in [0.25, 0.3) is 0 Å². The highest BCUT2D eigenvalue weighted by molar-refractivity contribution is 6.00. The highest BCUT2D eigenvalue weighted by atomic mass is 16.5. The second-order valence-corrected chi connectivity index (χ2v) is 26.8. The number of aliphatic hydroxyl groups excluding tert-OH is 1. The number of nitrogens with zero attached hydrogens (tertiary/aromatic N) is 7. The van der Waals surface area contributed by atoms with Gasteiger partial charge in [-0.15, -0.1) is 0 Å². The van der Waals surface area contributed by atoms with Crippen LogP contribution >= 0.6 is 0 Å². The van der Waals surface area contributed by atoms with Crippen LogP contribution in [0.15, 0.2) is 12.2 Å². The molecule has 0 aromatic rings. The van der Waals surface area contributed by atoms with Gasteiger partial charge in [0.25, 0.3) is 5.91 Å². The Labute approximate surface area is 525 Å². The van der Waals surface area contributed by atoms with Crippen molar-refractivity contribution in [2.75, 3.05) is 56.4 Å². The Bertz CT molecular complexity index is 2430. The third-order valence-corrected chi connectivity index (χ3v) is 16.4. The van der Waals surface area contributed by atoms with Gasteiger partial charge in [0.2, 0.25) is 65.3 Å². The quantitative estimate of drug-likeness (QED) is 0.121. The highest BCUT2D eigenvalue weighted by Gasteiger charge is 2.47. The van der Waals surface area contributed by atoms with Gasteiger partial charge in [0.1, 0.15) is 60.4 Å². The van der Waals surface area contributed by atoms with Crippen molar-refractivity contribution in [3.63, 3.8) is 0 Å². The molecular weight excluding hydrogens is 1130 g/mol. The third kappa shape index (κ3) is 21.8. The largest absolute Gasteiger partial charge is 0.390 e. The van der Waals surface area contributed by atoms with E-state index in [9.17, 15) is 53.4 Å². The maximum atomic E-state index is 15.2. The zero-order chi connectivity index (χ0) is 68.5. The molecule has 13 atom stereocenters. The smallest absolute Gasteiger partial charge is 0.273 e. The first-order valence-corrected chi connectivity index (χ1v) is 31.1. The van der Waals surface area contributed by atoms with Crippen LogP contribution in [-0.4, -0.2) is 244 Å². The van der Waals surface area contributed by atoms with Crippen LogP contribution in [-0.2, 0) is 57.5 Å². The second-order valence-electron chi connectivity index (χ2n) is 26.8. The van der Waals surface area contributed by atoms with E-state index >= 15 is 9.59 Å². The Morgan fingerprint density at radius 2 is 0.932 bits per heavy atom. The van der Waals surface area contributed by atoms with Crippen molar-refractivity contribution in [3.8, 4) is 0 Å². The summed E-state index contributed by atoms with van der Waals surface area (Å²) >= 11 is 0. The molecule has 504 valence electrons. The summed E-state index contributed by atoms with van der Waals surface area (Å²) in [4.78, 5) is 169. The summed E-state index contributed by atoms with van der Waals surface area (Å²) in [7, 11) is 10.7. The Morgan fingerprint density at radius 3 is 1.38 bits per heavy atom. The fraction of sp³-hybridized carbons (Fsp3) is 0.794. The number of hydrogen-bond acceptors (Lipinski definition) is 14. The van der Waals surface area contributed by atoms with Crippen molar-refractivity contribution in [2.45, 2.75) is 235 Å². The van der Waals surface area contributed by atoms with Crippen LogP contribution < -0.4 is 21.3 Å². The summed E-state index contributed by atoms with van der Waals surface area (Å²) in [5.74, 6) is -10.9. The first-order valence-electron chi connectivity index (χ1n) is 31.1. The average Bonchev–Trinajstić information content (AvgIpc) is 2.21. The summed E-state index contributed by atoms with van der Waals surface area (Å²) in [5, 5.41) is 34.1. The Balaban J connectivity index is 4.45. The summed E-state index contributed by atoms with van der Waals surface area (Å²) < 4.78 is 5.64. The maximum Gasteiger partial charge on any atom is 0.273 e. The molecule has 0 bridgehead atoms. The molecule has 0 aromatic carbocycles. The first kappa shape index (κ1) is 79.8. The van der Waals surface area contributed by atoms with Crippen molar-refractivity contribution in [3.05, 3.63) is 12.2 Å². The van der Waals surface area contributed by atoms with Gasteiger partial charge >= 0.3 is 0 Å². The molecule has 6 N–H and O–H groups in total. The Kier molecular flexibility index (Phi) is 32.0. The molecule has 1 heterocycles. The maximum absolute atomic E-state index is 15.2. The fourth-order valence-electron chi connectivity index (χ4n) is 11.0. The van der Waals surface area contributed by atoms with Gasteiger partial charge in [0.05, 0.1) is 11.7 Å². The third-order valence-electron chi connectivity index (χ3n) is 16.4. The predicted molar refractivity (Wildman–Crippen MR) is 336 cm³/mol. The van der Waals surface area contributed by atoms with E-state index in [4.69, 9.17) is 4.74 Å². The first-order chi connectivity index (χ1) is 40.5. The van der Waals surface area contributed by atoms with Crippen molar-refractivity contribution in [1.82, 2.24) is 55.6 Å². The topological polar surface area (TPSA) is 308 Å². The minimum Gasteiger partial charge on any atom is -0.390 e. The molecule has 1 rings (SSSR count). The molecule has 1 aliphatic heterocycles. The van der Waals surface area contributed by atoms with Gasteiger partial charge in [-0.2, -0.15) is 0 Å². The number of hydrogen-bond donors (Lipinski definition) is 6. The lowest BCUT2D eigenvalue weighted by Gasteiger charge is -2.41. The molecule has 11 amide bonds. The SMILES string of the molecule is C/C=C/C[C@@H](C)[C@@H](O)[C@H]1C(=O)N[C@@H](CC)C(=O)N(C)C(OC)C(=O)N(C)[C@@H](CC(C)(C)O)C(=O)N[C@@H](C(C)C)C(=O)N(C)[C@@H](CC(C)C)C(=O)N[C@@H](C)C(=O)N[C@H](C)C(=O)N(C)[C@@H](CC(C)C)C(=O)N(C)[C@@H](CC(C)C)C(=O)N(C)[C@@H](C(C)C)C(=O)N1C. The van der Waals surface area contributed by atoms with E-state index in [1.54, 1.807) is 60.6 Å². The minimum atomic E-state index is -1.75. The lowest BCUT2D eigenvalue weighted by Crippen LogP contribution is -2.64. The molecule has 88 heavy (non-hydrogen) atoms. The number of methoxy groups -OCH3 is 1. The van der Waals surface area contributed by atoms with Crippen molar-refractivity contribution < 1.29 is 67.7 Å². The van der Waals surface area contributed by atoms with Crippen LogP contribution in [0.5, 0.6) is 0 Å². The molecule has 1 unspecified atom stereocenters. The minimum absolute atomic E-state index is 0.0726. The molecule has 1 saturated heterocycles. The molecule has 1 aliphatic rings. The number of aliphatic hydroxyl groups is 2. The van der Waals surface area contributed by atoms with Gasteiger partial charge in [-0.25, -0.2) is 0 Å². The van der Waals surface area contributed by atoms with Crippen LogP contribution in [0.1, 0.15) is 156 Å². The van der Waals surface area contributed by atoms with Crippen molar-refractivity contribution in [1.29, 1.82) is 0 Å². The number of nitrogens with one attached hydrogen (secondary N) is 4. The summed E-state index contributed by atoms with van der Waals surface area (Å²) in [6.07, 6.45) is 0.435. The lowest BCUT2D eigenvalue weighted by atomic mass is 9.91. The van der Waals surface area contributed by atoms with Gasteiger partial charge in [-0.1, -0.05) is 95.2 Å². The van der Waals surface area contributed by atoms with Gasteiger partial charge < -0.3 is 70.5 Å². The fourth-order valence-corrected chi connectivity index (χ4v) is 11.0. The summed E-state index contributed by atoms with van der Waals surface area (Å²) in [6, 6.07) is -13.3. The van der Waals surface area contributed by atoms with Gasteiger partial charge in [-0.3, -0.25) is 52.7 Å². The zero-order valence-corrected chi connectivity index (χ0v) is 57.7. The average molecular weight is 1250 g/mol. The lowest BCUT2D eigenvalue weighted by molar-refractivity contribution is -0.165. The normalized spacial score (nSPS) is 27.4. The van der Waals surface area contributed by atoms with Gasteiger partial charge in [0, 0.05) is 62.9 Å². The summed E-state index contributed by atoms with van der Waals surface area (Å²) in [6.45, 7) is 28.6. The van der Waals surface area contributed by atoms with Crippen LogP contribution in [0.4, 0.5) is 0 Å². The molecule has 1 fully saturated rings. The van der Waals surface area contributed by atoms with E-state index in [0.29, 0.717) is 0 Å². The molecule has 0 spiro atoms. The number of amides is 11. The molecule has 0 aromatic heterocycles. The standard InChI is InChI=1S/C63H113N11O14/c1-26-28-29-39(13)50(75)49-54(79)66-42(27-2)56(81)74(24)62(88-25)61(86)71(21)46(33-63(16,17)87)53(78)67-47(37(9)10)59(84)68(18)43(30-34(3)4)52(77)64-40(14)51(76)65-41(15)55(80)69(19)44(31-35(5)6)57(82)70(20)45(32-36(7)8)58(83)72(22)48(38(11)12)60(85)73(49)23/h26,28,34-50,62,75,87H,27,29-33H2,1-25H3,(H,64,77)(H,65,76)(H,66,79)(H,67,78)/b28-26+/t39-,40+,41-,42+,43+,44+,45+,46+,47+,48+,49+,50-,62?/m1/s1. The van der Waals surface area contributed by atoms with Crippen molar-refractivity contribution in [2.24, 2.45) is 35.5 Å². The van der Waals surface area contributed by atoms with E-state index in [-0.39, 0.29) is 56.3 Å².